The van der Waals surface area contributed by atoms with Crippen molar-refractivity contribution in [3.05, 3.63) is 0 Å². The highest BCUT2D eigenvalue weighted by Crippen LogP contribution is 2.60. The summed E-state index contributed by atoms with van der Waals surface area (Å²) in [6, 6.07) is 0. The third-order valence-corrected chi connectivity index (χ3v) is 4.17. The highest BCUT2D eigenvalue weighted by Gasteiger charge is 2.91. The van der Waals surface area contributed by atoms with Gasteiger partial charge in [0.1, 0.15) is 0 Å². The molecule has 28 heavy (non-hydrogen) atoms. The van der Waals surface area contributed by atoms with E-state index in [1.165, 1.54) is 25.9 Å². The molecule has 0 amide bonds. The maximum absolute atomic E-state index is 12.7. The Balaban J connectivity index is 0.00000125. The Morgan fingerprint density at radius 3 is 1.14 bits per heavy atom. The molecule has 0 bridgehead atoms. The third kappa shape index (κ3) is 4.27. The van der Waals surface area contributed by atoms with Crippen LogP contribution in [-0.2, 0) is 10.1 Å². The van der Waals surface area contributed by atoms with E-state index in [1.807, 2.05) is 0 Å². The standard InChI is InChI=1S/C6HF13O3S.C4H9N/c7-1(8,3(11,12)5(15,16)17)2(9,10)4(13,14)6(18,19)23(20,21)22;1-2-4-5-3-1/h(H,20,21,22);5H,1-4H2. The molecule has 0 aromatic carbocycles. The minimum absolute atomic E-state index is 1.38. The molecule has 170 valence electrons. The molecule has 0 aromatic heterocycles. The van der Waals surface area contributed by atoms with E-state index in [-0.39, 0.29) is 0 Å². The van der Waals surface area contributed by atoms with E-state index < -0.39 is 45.2 Å². The monoisotopic (exact) mass is 471 g/mol. The third-order valence-electron chi connectivity index (χ3n) is 3.29. The quantitative estimate of drug-likeness (QED) is 0.495. The first kappa shape index (κ1) is 27.0. The summed E-state index contributed by atoms with van der Waals surface area (Å²) in [6.07, 6.45) is -4.72. The van der Waals surface area contributed by atoms with Crippen LogP contribution in [0.1, 0.15) is 12.8 Å². The molecule has 0 spiro atoms. The molecule has 18 heteroatoms. The molecular weight excluding hydrogens is 461 g/mol. The van der Waals surface area contributed by atoms with Crippen LogP contribution in [0.5, 0.6) is 0 Å². The van der Waals surface area contributed by atoms with E-state index in [0.717, 1.165) is 0 Å². The molecule has 0 atom stereocenters. The summed E-state index contributed by atoms with van der Waals surface area (Å²) in [7, 11) is -7.86. The molecule has 1 aliphatic rings. The predicted octanol–water partition coefficient (Wildman–Crippen LogP) is 2.57. The maximum atomic E-state index is 12.7. The number of alkyl halides is 13. The summed E-state index contributed by atoms with van der Waals surface area (Å²) in [4.78, 5) is 0. The van der Waals surface area contributed by atoms with Gasteiger partial charge in [0.05, 0.1) is 13.1 Å². The Labute approximate surface area is 147 Å². The average Bonchev–Trinajstić information content (AvgIpc) is 3.03. The van der Waals surface area contributed by atoms with Gasteiger partial charge in [0.15, 0.2) is 10.1 Å². The molecule has 1 aliphatic heterocycles. The van der Waals surface area contributed by atoms with Crippen molar-refractivity contribution in [1.82, 2.24) is 0 Å². The van der Waals surface area contributed by atoms with E-state index in [4.69, 9.17) is 0 Å². The lowest BCUT2D eigenvalue weighted by Crippen LogP contribution is -2.80. The Morgan fingerprint density at radius 2 is 0.929 bits per heavy atom. The number of quaternary nitrogens is 1. The Bertz CT molecular complexity index is 632. The first-order valence-electron chi connectivity index (χ1n) is 6.73. The van der Waals surface area contributed by atoms with Gasteiger partial charge in [-0.25, -0.2) is 8.42 Å². The van der Waals surface area contributed by atoms with Gasteiger partial charge < -0.3 is 9.87 Å². The number of halogens is 13. The molecule has 1 heterocycles. The van der Waals surface area contributed by atoms with Crippen molar-refractivity contribution in [1.29, 1.82) is 0 Å². The highest BCUT2D eigenvalue weighted by atomic mass is 32.2. The van der Waals surface area contributed by atoms with Crippen LogP contribution in [0.2, 0.25) is 0 Å². The Hall–Kier alpha value is -1.04. The van der Waals surface area contributed by atoms with E-state index in [0.29, 0.717) is 0 Å². The number of rotatable bonds is 5. The van der Waals surface area contributed by atoms with Gasteiger partial charge in [0.2, 0.25) is 0 Å². The van der Waals surface area contributed by atoms with Gasteiger partial charge in [-0.1, -0.05) is 0 Å². The van der Waals surface area contributed by atoms with Gasteiger partial charge in [-0.05, 0) is 0 Å². The average molecular weight is 471 g/mol. The van der Waals surface area contributed by atoms with Crippen LogP contribution in [-0.4, -0.2) is 61.2 Å². The predicted molar refractivity (Wildman–Crippen MR) is 61.4 cm³/mol. The van der Waals surface area contributed by atoms with Crippen LogP contribution in [0.3, 0.4) is 0 Å². The molecule has 1 rings (SSSR count). The van der Waals surface area contributed by atoms with Crippen LogP contribution in [0.4, 0.5) is 57.1 Å². The molecule has 1 saturated heterocycles. The first-order valence-corrected chi connectivity index (χ1v) is 8.14. The van der Waals surface area contributed by atoms with Crippen molar-refractivity contribution >= 4 is 10.1 Å². The second-order valence-electron chi connectivity index (χ2n) is 5.34. The molecule has 2 N–H and O–H groups in total. The van der Waals surface area contributed by atoms with Crippen LogP contribution < -0.4 is 5.32 Å². The number of hydrogen-bond acceptors (Lipinski definition) is 3. The second kappa shape index (κ2) is 7.66. The number of nitrogens with two attached hydrogens (primary N) is 1. The molecule has 0 aliphatic carbocycles. The second-order valence-corrected chi connectivity index (χ2v) is 6.76. The van der Waals surface area contributed by atoms with Gasteiger partial charge in [-0.15, -0.1) is 0 Å². The molecule has 4 nitrogen and oxygen atoms in total. The minimum atomic E-state index is -8.29. The van der Waals surface area contributed by atoms with E-state index in [2.05, 4.69) is 5.32 Å². The van der Waals surface area contributed by atoms with Gasteiger partial charge >= 0.3 is 35.1 Å². The Kier molecular flexibility index (Phi) is 7.37. The molecular formula is C10H10F13NO3S. The first-order chi connectivity index (χ1) is 12.0. The van der Waals surface area contributed by atoms with Crippen molar-refractivity contribution in [2.24, 2.45) is 0 Å². The summed E-state index contributed by atoms with van der Waals surface area (Å²) in [5.74, 6) is -32.6. The zero-order chi connectivity index (χ0) is 23.0. The minimum Gasteiger partial charge on any atom is -0.743 e. The topological polar surface area (TPSA) is 73.8 Å². The summed E-state index contributed by atoms with van der Waals surface area (Å²) in [6.45, 7) is 2.75. The summed E-state index contributed by atoms with van der Waals surface area (Å²) < 4.78 is 189. The molecule has 0 radical (unpaired) electrons. The van der Waals surface area contributed by atoms with E-state index >= 15 is 0 Å². The van der Waals surface area contributed by atoms with Crippen LogP contribution >= 0.6 is 0 Å². The smallest absolute Gasteiger partial charge is 0.460 e. The highest BCUT2D eigenvalue weighted by molar-refractivity contribution is 7.86. The lowest BCUT2D eigenvalue weighted by atomic mass is 9.98. The van der Waals surface area contributed by atoms with Crippen molar-refractivity contribution in [3.8, 4) is 0 Å². The Morgan fingerprint density at radius 1 is 0.607 bits per heavy atom. The number of hydrogen-bond donors (Lipinski definition) is 1. The normalized spacial score (nSPS) is 17.9. The fourth-order valence-corrected chi connectivity index (χ4v) is 2.08. The molecule has 0 saturated carbocycles. The fourth-order valence-electron chi connectivity index (χ4n) is 1.63. The lowest BCUT2D eigenvalue weighted by Gasteiger charge is -2.39. The molecule has 1 fully saturated rings. The van der Waals surface area contributed by atoms with Gasteiger partial charge in [0.25, 0.3) is 0 Å². The zero-order valence-corrected chi connectivity index (χ0v) is 13.8. The largest absolute Gasteiger partial charge is 0.743 e. The van der Waals surface area contributed by atoms with E-state index in [1.54, 1.807) is 0 Å². The van der Waals surface area contributed by atoms with Crippen molar-refractivity contribution < 1.29 is 75.4 Å². The van der Waals surface area contributed by atoms with Gasteiger partial charge in [0, 0.05) is 12.8 Å². The maximum Gasteiger partial charge on any atom is 0.460 e. The van der Waals surface area contributed by atoms with Crippen LogP contribution in [0, 0.1) is 0 Å². The van der Waals surface area contributed by atoms with Crippen molar-refractivity contribution in [3.63, 3.8) is 0 Å². The molecule has 0 aromatic rings. The van der Waals surface area contributed by atoms with Crippen LogP contribution in [0.25, 0.3) is 0 Å². The van der Waals surface area contributed by atoms with Crippen molar-refractivity contribution in [2.75, 3.05) is 13.1 Å². The van der Waals surface area contributed by atoms with Gasteiger partial charge in [-0.2, -0.15) is 57.1 Å². The lowest BCUT2D eigenvalue weighted by molar-refractivity contribution is -0.635. The zero-order valence-electron chi connectivity index (χ0n) is 13.0. The van der Waals surface area contributed by atoms with Gasteiger partial charge in [-0.3, -0.25) is 0 Å². The fraction of sp³-hybridized carbons (Fsp3) is 1.00. The molecule has 0 unspecified atom stereocenters. The summed E-state index contributed by atoms with van der Waals surface area (Å²) >= 11 is 0. The van der Waals surface area contributed by atoms with E-state index in [9.17, 15) is 70.0 Å². The summed E-state index contributed by atoms with van der Waals surface area (Å²) in [5.41, 5.74) is 0. The van der Waals surface area contributed by atoms with Crippen molar-refractivity contribution in [2.45, 2.75) is 48.0 Å². The SMILES string of the molecule is C1CC[NH2+]C1.O=S(=O)([O-])C(F)(F)C(F)(F)C(F)(F)C(F)(F)C(F)(F)C(F)(F)F. The summed E-state index contributed by atoms with van der Waals surface area (Å²) in [5, 5.41) is -5.27. The van der Waals surface area contributed by atoms with Crippen LogP contribution in [0.15, 0.2) is 0 Å².